The lowest BCUT2D eigenvalue weighted by Gasteiger charge is -1.87. The van der Waals surface area contributed by atoms with Gasteiger partial charge in [-0.25, -0.2) is 4.98 Å². The summed E-state index contributed by atoms with van der Waals surface area (Å²) in [6.07, 6.45) is 3.21. The van der Waals surface area contributed by atoms with Crippen molar-refractivity contribution in [2.24, 2.45) is 0 Å². The third-order valence-corrected chi connectivity index (χ3v) is 1.63. The van der Waals surface area contributed by atoms with Crippen LogP contribution in [0.5, 0.6) is 0 Å². The van der Waals surface area contributed by atoms with E-state index in [-0.39, 0.29) is 12.4 Å². The zero-order chi connectivity index (χ0) is 6.97. The van der Waals surface area contributed by atoms with Crippen molar-refractivity contribution in [3.8, 4) is 0 Å². The summed E-state index contributed by atoms with van der Waals surface area (Å²) < 4.78 is 5.07. The van der Waals surface area contributed by atoms with Gasteiger partial charge in [-0.3, -0.25) is 0 Å². The third-order valence-electron chi connectivity index (χ3n) is 1.33. The van der Waals surface area contributed by atoms with Crippen molar-refractivity contribution < 1.29 is 4.42 Å². The first-order valence-corrected chi connectivity index (χ1v) is 3.23. The lowest BCUT2D eigenvalue weighted by Crippen LogP contribution is -1.71. The summed E-state index contributed by atoms with van der Waals surface area (Å²) in [6.45, 7) is 0. The molecule has 0 spiro atoms. The number of furan rings is 1. The van der Waals surface area contributed by atoms with Crippen LogP contribution >= 0.6 is 24.0 Å². The first-order valence-electron chi connectivity index (χ1n) is 2.85. The first-order chi connectivity index (χ1) is 4.88. The van der Waals surface area contributed by atoms with Crippen LogP contribution < -0.4 is 0 Å². The fraction of sp³-hybridized carbons (Fsp3) is 0. The van der Waals surface area contributed by atoms with Crippen LogP contribution in [0.15, 0.2) is 29.0 Å². The highest BCUT2D eigenvalue weighted by Gasteiger charge is 1.99. The molecule has 0 amide bonds. The van der Waals surface area contributed by atoms with Gasteiger partial charge in [0.2, 0.25) is 0 Å². The molecule has 0 radical (unpaired) electrons. The van der Waals surface area contributed by atoms with Crippen molar-refractivity contribution in [3.63, 3.8) is 0 Å². The maximum absolute atomic E-state index is 5.73. The van der Waals surface area contributed by atoms with E-state index in [1.165, 1.54) is 0 Å². The number of hydrogen-bond acceptors (Lipinski definition) is 2. The fourth-order valence-corrected chi connectivity index (χ4v) is 1.07. The Balaban J connectivity index is 0.000000605. The molecule has 2 heterocycles. The summed E-state index contributed by atoms with van der Waals surface area (Å²) in [6, 6.07) is 3.58. The highest BCUT2D eigenvalue weighted by atomic mass is 35.5. The van der Waals surface area contributed by atoms with E-state index in [1.54, 1.807) is 24.6 Å². The molecule has 0 unspecified atom stereocenters. The van der Waals surface area contributed by atoms with E-state index in [0.717, 1.165) is 11.0 Å². The standard InChI is InChI=1S/C7H4ClNO.ClH/c8-7-5-2-4-10-6(5)1-3-9-7;/h1-4H;1H. The third kappa shape index (κ3) is 1.32. The van der Waals surface area contributed by atoms with E-state index in [9.17, 15) is 0 Å². The van der Waals surface area contributed by atoms with Crippen molar-refractivity contribution in [2.45, 2.75) is 0 Å². The van der Waals surface area contributed by atoms with Gasteiger partial charge in [0.1, 0.15) is 10.7 Å². The molecule has 2 aromatic heterocycles. The van der Waals surface area contributed by atoms with Gasteiger partial charge >= 0.3 is 0 Å². The van der Waals surface area contributed by atoms with Crippen molar-refractivity contribution in [1.29, 1.82) is 0 Å². The highest BCUT2D eigenvalue weighted by molar-refractivity contribution is 6.33. The van der Waals surface area contributed by atoms with Crippen molar-refractivity contribution in [3.05, 3.63) is 29.7 Å². The summed E-state index contributed by atoms with van der Waals surface area (Å²) >= 11 is 5.73. The lowest BCUT2D eigenvalue weighted by molar-refractivity contribution is 0.615. The van der Waals surface area contributed by atoms with E-state index in [0.29, 0.717) is 5.15 Å². The van der Waals surface area contributed by atoms with Crippen LogP contribution in [0.3, 0.4) is 0 Å². The molecule has 2 rings (SSSR count). The van der Waals surface area contributed by atoms with Gasteiger partial charge in [-0.2, -0.15) is 0 Å². The van der Waals surface area contributed by atoms with Gasteiger partial charge in [0.15, 0.2) is 0 Å². The van der Waals surface area contributed by atoms with Crippen LogP contribution in [0.25, 0.3) is 11.0 Å². The van der Waals surface area contributed by atoms with E-state index >= 15 is 0 Å². The van der Waals surface area contributed by atoms with Crippen molar-refractivity contribution >= 4 is 35.0 Å². The maximum atomic E-state index is 5.73. The van der Waals surface area contributed by atoms with E-state index in [1.807, 2.05) is 0 Å². The molecule has 0 atom stereocenters. The summed E-state index contributed by atoms with van der Waals surface area (Å²) in [5.41, 5.74) is 0.778. The SMILES string of the molecule is Cl.Clc1nccc2occc12. The Morgan fingerprint density at radius 2 is 2.18 bits per heavy atom. The molecule has 0 aliphatic carbocycles. The number of aromatic nitrogens is 1. The average molecular weight is 190 g/mol. The van der Waals surface area contributed by atoms with Crippen LogP contribution in [-0.4, -0.2) is 4.98 Å². The summed E-state index contributed by atoms with van der Waals surface area (Å²) in [7, 11) is 0. The Bertz CT molecular complexity index is 358. The second kappa shape index (κ2) is 3.11. The van der Waals surface area contributed by atoms with Gasteiger partial charge in [0.25, 0.3) is 0 Å². The van der Waals surface area contributed by atoms with Crippen LogP contribution in [0.1, 0.15) is 0 Å². The first kappa shape index (κ1) is 8.37. The topological polar surface area (TPSA) is 26.0 Å². The normalized spacial score (nSPS) is 9.55. The molecule has 0 aromatic carbocycles. The quantitative estimate of drug-likeness (QED) is 0.597. The predicted molar refractivity (Wildman–Crippen MR) is 46.3 cm³/mol. The molecular formula is C7H5Cl2NO. The average Bonchev–Trinajstić information content (AvgIpc) is 2.36. The van der Waals surface area contributed by atoms with Crippen LogP contribution in [0.2, 0.25) is 5.15 Å². The number of pyridine rings is 1. The number of rotatable bonds is 0. The minimum absolute atomic E-state index is 0. The molecule has 0 saturated heterocycles. The van der Waals surface area contributed by atoms with Gasteiger partial charge in [0.05, 0.1) is 11.6 Å². The van der Waals surface area contributed by atoms with Gasteiger partial charge in [0, 0.05) is 6.20 Å². The minimum Gasteiger partial charge on any atom is -0.464 e. The molecule has 2 aromatic rings. The molecule has 2 nitrogen and oxygen atoms in total. The monoisotopic (exact) mass is 189 g/mol. The summed E-state index contributed by atoms with van der Waals surface area (Å²) in [5.74, 6) is 0. The Morgan fingerprint density at radius 3 is 2.91 bits per heavy atom. The maximum Gasteiger partial charge on any atom is 0.140 e. The van der Waals surface area contributed by atoms with Crippen molar-refractivity contribution in [2.75, 3.05) is 0 Å². The zero-order valence-corrected chi connectivity index (χ0v) is 7.02. The second-order valence-electron chi connectivity index (χ2n) is 1.93. The minimum atomic E-state index is 0. The fourth-order valence-electron chi connectivity index (χ4n) is 0.860. The second-order valence-corrected chi connectivity index (χ2v) is 2.29. The molecule has 11 heavy (non-hydrogen) atoms. The molecule has 4 heteroatoms. The molecule has 0 aliphatic heterocycles. The van der Waals surface area contributed by atoms with Gasteiger partial charge < -0.3 is 4.42 Å². The molecule has 0 bridgehead atoms. The van der Waals surface area contributed by atoms with Gasteiger partial charge in [-0.1, -0.05) is 11.6 Å². The number of nitrogens with zero attached hydrogens (tertiary/aromatic N) is 1. The molecule has 0 saturated carbocycles. The van der Waals surface area contributed by atoms with Gasteiger partial charge in [-0.05, 0) is 12.1 Å². The highest BCUT2D eigenvalue weighted by Crippen LogP contribution is 2.20. The smallest absolute Gasteiger partial charge is 0.140 e. The van der Waals surface area contributed by atoms with Gasteiger partial charge in [-0.15, -0.1) is 12.4 Å². The largest absolute Gasteiger partial charge is 0.464 e. The Labute approximate surface area is 74.6 Å². The molecule has 0 aliphatic rings. The van der Waals surface area contributed by atoms with E-state index < -0.39 is 0 Å². The predicted octanol–water partition coefficient (Wildman–Crippen LogP) is 2.90. The van der Waals surface area contributed by atoms with E-state index in [2.05, 4.69) is 4.98 Å². The summed E-state index contributed by atoms with van der Waals surface area (Å²) in [4.78, 5) is 3.88. The zero-order valence-electron chi connectivity index (χ0n) is 5.45. The van der Waals surface area contributed by atoms with Crippen LogP contribution in [-0.2, 0) is 0 Å². The molecule has 0 N–H and O–H groups in total. The Kier molecular flexibility index (Phi) is 2.37. The number of halogens is 2. The van der Waals surface area contributed by atoms with E-state index in [4.69, 9.17) is 16.0 Å². The molecule has 58 valence electrons. The molecule has 0 fully saturated rings. The Morgan fingerprint density at radius 1 is 1.36 bits per heavy atom. The number of hydrogen-bond donors (Lipinski definition) is 0. The number of fused-ring (bicyclic) bond motifs is 1. The molecular weight excluding hydrogens is 185 g/mol. The van der Waals surface area contributed by atoms with Crippen molar-refractivity contribution in [1.82, 2.24) is 4.98 Å². The van der Waals surface area contributed by atoms with Crippen LogP contribution in [0.4, 0.5) is 0 Å². The van der Waals surface area contributed by atoms with Crippen LogP contribution in [0, 0.1) is 0 Å². The lowest BCUT2D eigenvalue weighted by atomic mass is 10.3. The Hall–Kier alpha value is -0.730. The summed E-state index contributed by atoms with van der Waals surface area (Å²) in [5, 5.41) is 1.36.